The van der Waals surface area contributed by atoms with Crippen LogP contribution in [0.3, 0.4) is 0 Å². The number of amides is 2. The molecule has 0 saturated carbocycles. The van der Waals surface area contributed by atoms with Crippen molar-refractivity contribution in [2.24, 2.45) is 0 Å². The number of piperazine rings is 1. The molecule has 196 valence electrons. The number of anilines is 1. The predicted molar refractivity (Wildman–Crippen MR) is 143 cm³/mol. The van der Waals surface area contributed by atoms with E-state index in [9.17, 15) is 9.18 Å². The second-order valence-electron chi connectivity index (χ2n) is 9.38. The Morgan fingerprint density at radius 3 is 2.65 bits per heavy atom. The third-order valence-electron chi connectivity index (χ3n) is 6.98. The molecule has 2 aliphatic rings. The van der Waals surface area contributed by atoms with Gasteiger partial charge >= 0.3 is 6.03 Å². The summed E-state index contributed by atoms with van der Waals surface area (Å²) in [6, 6.07) is 2.71. The highest BCUT2D eigenvalue weighted by Gasteiger charge is 2.27. The highest BCUT2D eigenvalue weighted by molar-refractivity contribution is 6.36. The maximum absolute atomic E-state index is 14.1. The fourth-order valence-electron chi connectivity index (χ4n) is 4.78. The van der Waals surface area contributed by atoms with Crippen molar-refractivity contribution in [1.82, 2.24) is 19.7 Å². The molecular weight excluding hydrogens is 520 g/mol. The second-order valence-corrected chi connectivity index (χ2v) is 10.2. The van der Waals surface area contributed by atoms with E-state index in [4.69, 9.17) is 38.1 Å². The van der Waals surface area contributed by atoms with E-state index in [2.05, 4.69) is 16.9 Å². The van der Waals surface area contributed by atoms with Gasteiger partial charge in [-0.3, -0.25) is 0 Å². The maximum Gasteiger partial charge on any atom is 0.320 e. The first-order chi connectivity index (χ1) is 17.7. The Balaban J connectivity index is 1.37. The lowest BCUT2D eigenvalue weighted by Crippen LogP contribution is -2.52. The molecule has 2 aliphatic heterocycles. The lowest BCUT2D eigenvalue weighted by Gasteiger charge is -2.37. The number of nitrogens with zero attached hydrogens (tertiary/aromatic N) is 4. The first-order valence-electron chi connectivity index (χ1n) is 12.1. The second kappa shape index (κ2) is 10.4. The number of nitrogens with two attached hydrogens (primary N) is 1. The Kier molecular flexibility index (Phi) is 7.20. The van der Waals surface area contributed by atoms with E-state index >= 15 is 0 Å². The van der Waals surface area contributed by atoms with Crippen molar-refractivity contribution in [2.45, 2.75) is 19.4 Å². The summed E-state index contributed by atoms with van der Waals surface area (Å²) in [4.78, 5) is 23.3. The molecule has 1 saturated heterocycles. The molecule has 1 fully saturated rings. The van der Waals surface area contributed by atoms with E-state index in [1.807, 2.05) is 15.9 Å². The molecule has 0 unspecified atom stereocenters. The molecule has 1 aromatic carbocycles. The molecule has 2 aromatic heterocycles. The Morgan fingerprint density at radius 2 is 1.95 bits per heavy atom. The van der Waals surface area contributed by atoms with Gasteiger partial charge in [0.1, 0.15) is 11.9 Å². The topological polar surface area (TPSA) is 88.1 Å². The minimum absolute atomic E-state index is 0.0780. The third-order valence-corrected chi connectivity index (χ3v) is 7.69. The van der Waals surface area contributed by atoms with Gasteiger partial charge < -0.3 is 29.6 Å². The highest BCUT2D eigenvalue weighted by atomic mass is 35.5. The first-order valence-corrected chi connectivity index (χ1v) is 12.9. The van der Waals surface area contributed by atoms with E-state index in [0.29, 0.717) is 30.7 Å². The van der Waals surface area contributed by atoms with Crippen molar-refractivity contribution in [3.63, 3.8) is 0 Å². The summed E-state index contributed by atoms with van der Waals surface area (Å²) in [5, 5.41) is 0.903. The quantitative estimate of drug-likeness (QED) is 0.437. The standard InChI is InChI=1S/C26H28Cl2FN5O3/c1-15(21-19(27)3-4-20(29)22(21)28)37-24-23-17(13-31-25(24)30)18(14-36-23)16-5-7-33(8-6-16)26(35)34-11-9-32(2)10-12-34/h3-5,13-15H,6-12H2,1-2H3,(H2,30,31)/t15-/m1/s1. The summed E-state index contributed by atoms with van der Waals surface area (Å²) in [6.45, 7) is 6.10. The average Bonchev–Trinajstić information content (AvgIpc) is 3.33. The van der Waals surface area contributed by atoms with Crippen LogP contribution in [0.5, 0.6) is 5.75 Å². The van der Waals surface area contributed by atoms with E-state index in [-0.39, 0.29) is 27.6 Å². The molecule has 3 aromatic rings. The number of likely N-dealkylation sites (N-methyl/N-ethyl adjacent to an activating group) is 1. The number of hydrogen-bond donors (Lipinski definition) is 1. The number of pyridine rings is 1. The van der Waals surface area contributed by atoms with Gasteiger partial charge in [0.15, 0.2) is 11.4 Å². The molecule has 8 nitrogen and oxygen atoms in total. The fourth-order valence-corrected chi connectivity index (χ4v) is 5.46. The van der Waals surface area contributed by atoms with Crippen LogP contribution in [-0.2, 0) is 0 Å². The van der Waals surface area contributed by atoms with Crippen LogP contribution in [0, 0.1) is 5.82 Å². The largest absolute Gasteiger partial charge is 0.478 e. The van der Waals surface area contributed by atoms with Gasteiger partial charge in [0.2, 0.25) is 5.75 Å². The average molecular weight is 548 g/mol. The lowest BCUT2D eigenvalue weighted by atomic mass is 9.99. The van der Waals surface area contributed by atoms with Crippen LogP contribution in [0.4, 0.5) is 15.0 Å². The lowest BCUT2D eigenvalue weighted by molar-refractivity contribution is 0.125. The molecule has 0 bridgehead atoms. The van der Waals surface area contributed by atoms with Crippen LogP contribution >= 0.6 is 23.2 Å². The summed E-state index contributed by atoms with van der Waals surface area (Å²) in [5.74, 6) is -0.230. The number of carbonyl (C=O) groups is 1. The zero-order valence-corrected chi connectivity index (χ0v) is 22.2. The van der Waals surface area contributed by atoms with E-state index in [1.54, 1.807) is 19.4 Å². The van der Waals surface area contributed by atoms with Crippen molar-refractivity contribution in [3.8, 4) is 5.75 Å². The summed E-state index contributed by atoms with van der Waals surface area (Å²) in [5.41, 5.74) is 8.80. The van der Waals surface area contributed by atoms with Crippen LogP contribution in [0.15, 0.2) is 35.1 Å². The van der Waals surface area contributed by atoms with Gasteiger partial charge in [-0.05, 0) is 38.1 Å². The molecule has 0 spiro atoms. The smallest absolute Gasteiger partial charge is 0.320 e. The van der Waals surface area contributed by atoms with Gasteiger partial charge in [-0.25, -0.2) is 14.2 Å². The highest BCUT2D eigenvalue weighted by Crippen LogP contribution is 2.41. The summed E-state index contributed by atoms with van der Waals surface area (Å²) < 4.78 is 26.0. The molecule has 4 heterocycles. The minimum atomic E-state index is -0.720. The molecule has 11 heteroatoms. The van der Waals surface area contributed by atoms with Gasteiger partial charge in [-0.1, -0.05) is 29.3 Å². The summed E-state index contributed by atoms with van der Waals surface area (Å²) >= 11 is 12.4. The molecule has 2 amide bonds. The molecule has 0 radical (unpaired) electrons. The number of fused-ring (bicyclic) bond motifs is 1. The van der Waals surface area contributed by atoms with Crippen molar-refractivity contribution in [2.75, 3.05) is 52.0 Å². The van der Waals surface area contributed by atoms with E-state index < -0.39 is 11.9 Å². The molecule has 0 aliphatic carbocycles. The number of benzene rings is 1. The van der Waals surface area contributed by atoms with Crippen LogP contribution in [0.25, 0.3) is 16.5 Å². The van der Waals surface area contributed by atoms with Crippen LogP contribution in [0.2, 0.25) is 10.0 Å². The Morgan fingerprint density at radius 1 is 1.19 bits per heavy atom. The fraction of sp³-hybridized carbons (Fsp3) is 0.385. The van der Waals surface area contributed by atoms with Crippen LogP contribution in [0.1, 0.15) is 30.6 Å². The number of hydrogen-bond acceptors (Lipinski definition) is 6. The molecule has 1 atom stereocenters. The van der Waals surface area contributed by atoms with Crippen LogP contribution < -0.4 is 10.5 Å². The van der Waals surface area contributed by atoms with Gasteiger partial charge in [0.25, 0.3) is 0 Å². The maximum atomic E-state index is 14.1. The van der Waals surface area contributed by atoms with E-state index in [1.165, 1.54) is 12.1 Å². The van der Waals surface area contributed by atoms with Crippen molar-refractivity contribution < 1.29 is 18.3 Å². The number of urea groups is 1. The van der Waals surface area contributed by atoms with E-state index in [0.717, 1.165) is 42.7 Å². The Hall–Kier alpha value is -3.01. The SMILES string of the molecule is C[C@@H](Oc1c(N)ncc2c(C3=CCN(C(=O)N4CCN(C)CC4)CC3)coc12)c1c(Cl)ccc(F)c1Cl. The molecular formula is C26H28Cl2FN5O3. The molecule has 37 heavy (non-hydrogen) atoms. The number of carbonyl (C=O) groups excluding carboxylic acids is 1. The number of rotatable bonds is 4. The first kappa shape index (κ1) is 25.6. The zero-order valence-electron chi connectivity index (χ0n) is 20.6. The normalized spacial score (nSPS) is 17.7. The number of aromatic nitrogens is 1. The number of furan rings is 1. The van der Waals surface area contributed by atoms with Crippen molar-refractivity contribution in [1.29, 1.82) is 0 Å². The van der Waals surface area contributed by atoms with Gasteiger partial charge in [-0.2, -0.15) is 0 Å². The van der Waals surface area contributed by atoms with Crippen molar-refractivity contribution in [3.05, 3.63) is 57.7 Å². The van der Waals surface area contributed by atoms with Gasteiger partial charge in [0, 0.05) is 61.6 Å². The number of nitrogen functional groups attached to an aromatic ring is 1. The molecule has 5 rings (SSSR count). The monoisotopic (exact) mass is 547 g/mol. The number of halogens is 3. The Bertz CT molecular complexity index is 1370. The van der Waals surface area contributed by atoms with Crippen molar-refractivity contribution >= 4 is 51.6 Å². The van der Waals surface area contributed by atoms with Crippen LogP contribution in [-0.4, -0.2) is 72.0 Å². The third kappa shape index (κ3) is 4.95. The Labute approximate surface area is 224 Å². The van der Waals surface area contributed by atoms with Gasteiger partial charge in [0.05, 0.1) is 16.7 Å². The molecule has 2 N–H and O–H groups in total. The minimum Gasteiger partial charge on any atom is -0.478 e. The predicted octanol–water partition coefficient (Wildman–Crippen LogP) is 5.45. The number of ether oxygens (including phenoxy) is 1. The summed E-state index contributed by atoms with van der Waals surface area (Å²) in [7, 11) is 2.07. The zero-order chi connectivity index (χ0) is 26.3. The summed E-state index contributed by atoms with van der Waals surface area (Å²) in [6.07, 6.45) is 5.30. The van der Waals surface area contributed by atoms with Gasteiger partial charge in [-0.15, -0.1) is 0 Å².